The minimum Gasteiger partial charge on any atom is -0.462 e. The number of nitrogens with zero attached hydrogens (tertiary/aromatic N) is 7. The van der Waals surface area contributed by atoms with Gasteiger partial charge in [0.2, 0.25) is 5.91 Å². The molecule has 1 amide bonds. The number of methoxy groups -OCH3 is 1. The summed E-state index contributed by atoms with van der Waals surface area (Å²) < 4.78 is 11.7. The van der Waals surface area contributed by atoms with Gasteiger partial charge in [0.05, 0.1) is 30.8 Å². The van der Waals surface area contributed by atoms with Crippen LogP contribution in [0.25, 0.3) is 0 Å². The van der Waals surface area contributed by atoms with Gasteiger partial charge in [-0.15, -0.1) is 0 Å². The van der Waals surface area contributed by atoms with Gasteiger partial charge in [0.15, 0.2) is 0 Å². The predicted octanol–water partition coefficient (Wildman–Crippen LogP) is 3.00. The molecule has 1 unspecified atom stereocenters. The number of carbonyl (C=O) groups is 1. The van der Waals surface area contributed by atoms with Gasteiger partial charge >= 0.3 is 6.01 Å². The summed E-state index contributed by atoms with van der Waals surface area (Å²) in [6.07, 6.45) is 7.69. The molecular formula is C33H43N7O3. The van der Waals surface area contributed by atoms with Crippen LogP contribution in [0.5, 0.6) is 6.01 Å². The quantitative estimate of drug-likeness (QED) is 0.390. The van der Waals surface area contributed by atoms with Crippen LogP contribution in [-0.4, -0.2) is 103 Å². The van der Waals surface area contributed by atoms with Crippen molar-refractivity contribution in [1.29, 1.82) is 5.26 Å². The molecule has 3 atom stereocenters. The highest BCUT2D eigenvalue weighted by atomic mass is 16.5. The van der Waals surface area contributed by atoms with Gasteiger partial charge < -0.3 is 24.2 Å². The van der Waals surface area contributed by atoms with Crippen molar-refractivity contribution in [3.05, 3.63) is 53.7 Å². The molecule has 0 spiro atoms. The maximum absolute atomic E-state index is 12.6. The zero-order valence-electron chi connectivity index (χ0n) is 25.3. The van der Waals surface area contributed by atoms with E-state index in [0.717, 1.165) is 69.7 Å². The first-order chi connectivity index (χ1) is 21.1. The van der Waals surface area contributed by atoms with Gasteiger partial charge in [0.25, 0.3) is 0 Å². The molecule has 0 N–H and O–H groups in total. The first kappa shape index (κ1) is 29.4. The number of anilines is 2. The van der Waals surface area contributed by atoms with Gasteiger partial charge in [-0.05, 0) is 56.4 Å². The minimum atomic E-state index is -0.218. The number of fused-ring (bicyclic) bond motifs is 2. The highest BCUT2D eigenvalue weighted by molar-refractivity contribution is 5.87. The fourth-order valence-corrected chi connectivity index (χ4v) is 7.38. The molecule has 43 heavy (non-hydrogen) atoms. The molecule has 10 nitrogen and oxygen atoms in total. The Morgan fingerprint density at radius 2 is 2.02 bits per heavy atom. The van der Waals surface area contributed by atoms with E-state index in [1.165, 1.54) is 22.9 Å². The Morgan fingerprint density at radius 3 is 2.86 bits per heavy atom. The smallest absolute Gasteiger partial charge is 0.318 e. The average molecular weight is 586 g/mol. The lowest BCUT2D eigenvalue weighted by atomic mass is 9.90. The lowest BCUT2D eigenvalue weighted by molar-refractivity contribution is -0.128. The van der Waals surface area contributed by atoms with E-state index in [1.807, 2.05) is 0 Å². The molecule has 4 heterocycles. The summed E-state index contributed by atoms with van der Waals surface area (Å²) in [4.78, 5) is 31.6. The van der Waals surface area contributed by atoms with Gasteiger partial charge in [0, 0.05) is 69.6 Å². The van der Waals surface area contributed by atoms with E-state index in [2.05, 4.69) is 51.6 Å². The Balaban J connectivity index is 1.27. The van der Waals surface area contributed by atoms with Crippen molar-refractivity contribution in [2.75, 3.05) is 69.4 Å². The van der Waals surface area contributed by atoms with Crippen LogP contribution >= 0.6 is 0 Å². The number of para-hydroxylation sites is 1. The third-order valence-corrected chi connectivity index (χ3v) is 9.62. The number of hydrogen-bond acceptors (Lipinski definition) is 9. The number of benzene rings is 1. The van der Waals surface area contributed by atoms with E-state index in [0.29, 0.717) is 50.9 Å². The standard InChI is InChI=1S/C33H43N7O3/c1-3-31(41)40-18-17-38(22-26(40)12-14-34)32-28-11-10-25(39-16-13-24-7-4-5-9-30(24)39)21-29(28)35-33(36-32)43-23-27-8-6-15-37(27)19-20-42-2/h3-5,7,9,25-27H,1,6,8,10-13,15-23H2,2H3/t25?,26-,27-/m0/s1. The number of nitriles is 1. The fraction of sp³-hybridized carbons (Fsp3) is 0.576. The molecule has 0 bridgehead atoms. The Kier molecular flexibility index (Phi) is 9.10. The van der Waals surface area contributed by atoms with E-state index < -0.39 is 0 Å². The Hall–Kier alpha value is -3.68. The third-order valence-electron chi connectivity index (χ3n) is 9.62. The van der Waals surface area contributed by atoms with E-state index in [9.17, 15) is 10.1 Å². The van der Waals surface area contributed by atoms with Crippen molar-refractivity contribution in [3.63, 3.8) is 0 Å². The van der Waals surface area contributed by atoms with Crippen molar-refractivity contribution >= 4 is 17.4 Å². The maximum Gasteiger partial charge on any atom is 0.318 e. The largest absolute Gasteiger partial charge is 0.462 e. The first-order valence-electron chi connectivity index (χ1n) is 15.7. The molecule has 1 aliphatic carbocycles. The molecule has 10 heteroatoms. The number of carbonyl (C=O) groups excluding carboxylic acids is 1. The molecule has 0 radical (unpaired) electrons. The van der Waals surface area contributed by atoms with Crippen molar-refractivity contribution in [2.45, 2.75) is 63.1 Å². The highest BCUT2D eigenvalue weighted by Crippen LogP contribution is 2.37. The summed E-state index contributed by atoms with van der Waals surface area (Å²) in [7, 11) is 1.74. The van der Waals surface area contributed by atoms with Crippen LogP contribution in [0.15, 0.2) is 36.9 Å². The maximum atomic E-state index is 12.6. The zero-order valence-corrected chi connectivity index (χ0v) is 25.3. The van der Waals surface area contributed by atoms with E-state index in [1.54, 1.807) is 12.0 Å². The van der Waals surface area contributed by atoms with Crippen LogP contribution < -0.4 is 14.5 Å². The molecule has 2 aromatic rings. The highest BCUT2D eigenvalue weighted by Gasteiger charge is 2.36. The normalized spacial score (nSPS) is 23.5. The summed E-state index contributed by atoms with van der Waals surface area (Å²) in [6.45, 7) is 9.62. The van der Waals surface area contributed by atoms with E-state index in [4.69, 9.17) is 19.4 Å². The van der Waals surface area contributed by atoms with Crippen molar-refractivity contribution < 1.29 is 14.3 Å². The lowest BCUT2D eigenvalue weighted by Crippen LogP contribution is -2.55. The number of aromatic nitrogens is 2. The number of amides is 1. The molecule has 1 aromatic heterocycles. The summed E-state index contributed by atoms with van der Waals surface area (Å²) in [5.74, 6) is 0.772. The van der Waals surface area contributed by atoms with Crippen molar-refractivity contribution in [2.24, 2.45) is 0 Å². The molecule has 2 fully saturated rings. The summed E-state index contributed by atoms with van der Waals surface area (Å²) in [5, 5.41) is 9.54. The lowest BCUT2D eigenvalue weighted by Gasteiger charge is -2.42. The van der Waals surface area contributed by atoms with E-state index in [-0.39, 0.29) is 18.4 Å². The molecule has 0 saturated carbocycles. The second-order valence-electron chi connectivity index (χ2n) is 12.1. The topological polar surface area (TPSA) is 98.1 Å². The number of hydrogen-bond donors (Lipinski definition) is 0. The van der Waals surface area contributed by atoms with Crippen LogP contribution in [0.3, 0.4) is 0 Å². The Bertz CT molecular complexity index is 1360. The molecule has 1 aromatic carbocycles. The Labute approximate surface area is 254 Å². The van der Waals surface area contributed by atoms with Crippen molar-refractivity contribution in [1.82, 2.24) is 19.8 Å². The van der Waals surface area contributed by atoms with Crippen LogP contribution in [-0.2, 0) is 28.8 Å². The number of ether oxygens (including phenoxy) is 2. The molecule has 3 aliphatic heterocycles. The molecule has 228 valence electrons. The van der Waals surface area contributed by atoms with Crippen LogP contribution in [0.4, 0.5) is 11.5 Å². The van der Waals surface area contributed by atoms with Gasteiger partial charge in [0.1, 0.15) is 12.4 Å². The molecule has 6 rings (SSSR count). The Morgan fingerprint density at radius 1 is 1.14 bits per heavy atom. The second kappa shape index (κ2) is 13.3. The predicted molar refractivity (Wildman–Crippen MR) is 165 cm³/mol. The van der Waals surface area contributed by atoms with Gasteiger partial charge in [-0.25, -0.2) is 0 Å². The number of likely N-dealkylation sites (tertiary alicyclic amines) is 1. The minimum absolute atomic E-state index is 0.128. The molecule has 4 aliphatic rings. The van der Waals surface area contributed by atoms with Gasteiger partial charge in [-0.1, -0.05) is 24.8 Å². The average Bonchev–Trinajstić information content (AvgIpc) is 3.68. The number of piperazine rings is 1. The fourth-order valence-electron chi connectivity index (χ4n) is 7.38. The van der Waals surface area contributed by atoms with Crippen LogP contribution in [0, 0.1) is 11.3 Å². The van der Waals surface area contributed by atoms with Crippen molar-refractivity contribution in [3.8, 4) is 12.1 Å². The van der Waals surface area contributed by atoms with E-state index >= 15 is 0 Å². The van der Waals surface area contributed by atoms with Crippen LogP contribution in [0.2, 0.25) is 0 Å². The van der Waals surface area contributed by atoms with Gasteiger partial charge in [-0.3, -0.25) is 9.69 Å². The second-order valence-corrected chi connectivity index (χ2v) is 12.1. The zero-order chi connectivity index (χ0) is 29.8. The SMILES string of the molecule is C=CC(=O)N1CCN(c2nc(OC[C@@H]3CCCN3CCOC)nc3c2CCC(N2CCc4ccccc42)C3)C[C@@H]1CC#N. The number of rotatable bonds is 10. The van der Waals surface area contributed by atoms with Crippen LogP contribution in [0.1, 0.15) is 42.5 Å². The molecular weight excluding hydrogens is 542 g/mol. The third kappa shape index (κ3) is 6.20. The molecule has 2 saturated heterocycles. The summed E-state index contributed by atoms with van der Waals surface area (Å²) >= 11 is 0. The summed E-state index contributed by atoms with van der Waals surface area (Å²) in [6, 6.07) is 11.9. The van der Waals surface area contributed by atoms with Gasteiger partial charge in [-0.2, -0.15) is 15.2 Å². The monoisotopic (exact) mass is 585 g/mol. The first-order valence-corrected chi connectivity index (χ1v) is 15.7. The summed E-state index contributed by atoms with van der Waals surface area (Å²) in [5.41, 5.74) is 5.01.